The van der Waals surface area contributed by atoms with E-state index in [9.17, 15) is 13.2 Å². The van der Waals surface area contributed by atoms with Crippen LogP contribution in [0.15, 0.2) is 23.5 Å². The fourth-order valence-electron chi connectivity index (χ4n) is 2.73. The molecule has 1 fully saturated rings. The molecule has 0 aromatic carbocycles. The summed E-state index contributed by atoms with van der Waals surface area (Å²) in [5.41, 5.74) is -0.462. The fourth-order valence-corrected chi connectivity index (χ4v) is 2.73. The van der Waals surface area contributed by atoms with Gasteiger partial charge in [0.05, 0.1) is 12.4 Å². The second-order valence-electron chi connectivity index (χ2n) is 5.82. The zero-order valence-corrected chi connectivity index (χ0v) is 12.9. The van der Waals surface area contributed by atoms with Crippen LogP contribution in [0, 0.1) is 0 Å². The number of nitrogens with one attached hydrogen (secondary N) is 1. The van der Waals surface area contributed by atoms with Crippen LogP contribution in [0.5, 0.6) is 0 Å². The Morgan fingerprint density at radius 2 is 1.82 bits per heavy atom. The van der Waals surface area contributed by atoms with Gasteiger partial charge in [0.15, 0.2) is 0 Å². The van der Waals surface area contributed by atoms with E-state index in [2.05, 4.69) is 10.2 Å². The highest BCUT2D eigenvalue weighted by molar-refractivity contribution is 5.24. The molecule has 6 heteroatoms. The van der Waals surface area contributed by atoms with Crippen molar-refractivity contribution in [2.24, 2.45) is 0 Å². The molecular formula is C16H25F3N2O. The largest absolute Gasteiger partial charge is 0.498 e. The van der Waals surface area contributed by atoms with Gasteiger partial charge >= 0.3 is 6.18 Å². The summed E-state index contributed by atoms with van der Waals surface area (Å²) in [5.74, 6) is 0.676. The van der Waals surface area contributed by atoms with Crippen molar-refractivity contribution in [2.45, 2.75) is 38.3 Å². The Kier molecular flexibility index (Phi) is 6.76. The maximum absolute atomic E-state index is 12.5. The minimum atomic E-state index is -4.20. The molecule has 0 bridgehead atoms. The van der Waals surface area contributed by atoms with Gasteiger partial charge in [-0.05, 0) is 38.3 Å². The molecule has 1 N–H and O–H groups in total. The maximum atomic E-state index is 12.5. The van der Waals surface area contributed by atoms with E-state index in [-0.39, 0.29) is 6.42 Å². The lowest BCUT2D eigenvalue weighted by molar-refractivity contribution is -0.0944. The number of halogens is 3. The Morgan fingerprint density at radius 3 is 2.45 bits per heavy atom. The summed E-state index contributed by atoms with van der Waals surface area (Å²) in [6.07, 6.45) is 1.99. The van der Waals surface area contributed by atoms with Crippen molar-refractivity contribution in [3.05, 3.63) is 23.5 Å². The van der Waals surface area contributed by atoms with Gasteiger partial charge in [-0.1, -0.05) is 6.08 Å². The third kappa shape index (κ3) is 6.01. The van der Waals surface area contributed by atoms with Gasteiger partial charge in [-0.3, -0.25) is 0 Å². The van der Waals surface area contributed by atoms with Gasteiger partial charge in [-0.2, -0.15) is 13.2 Å². The lowest BCUT2D eigenvalue weighted by Crippen LogP contribution is -2.43. The number of allylic oxidation sites excluding steroid dienone is 4. The molecule has 0 amide bonds. The van der Waals surface area contributed by atoms with Crippen molar-refractivity contribution < 1.29 is 17.9 Å². The molecule has 1 heterocycles. The third-order valence-corrected chi connectivity index (χ3v) is 4.09. The highest BCUT2D eigenvalue weighted by Crippen LogP contribution is 2.32. The summed E-state index contributed by atoms with van der Waals surface area (Å²) in [4.78, 5) is 2.46. The molecule has 126 valence electrons. The van der Waals surface area contributed by atoms with Gasteiger partial charge in [-0.15, -0.1) is 0 Å². The highest BCUT2D eigenvalue weighted by Gasteiger charge is 2.33. The minimum Gasteiger partial charge on any atom is -0.498 e. The van der Waals surface area contributed by atoms with Gasteiger partial charge in [0, 0.05) is 38.2 Å². The quantitative estimate of drug-likeness (QED) is 0.729. The van der Waals surface area contributed by atoms with Crippen molar-refractivity contribution in [3.8, 4) is 0 Å². The Morgan fingerprint density at radius 1 is 1.05 bits per heavy atom. The van der Waals surface area contributed by atoms with Crippen LogP contribution in [0.1, 0.15) is 32.1 Å². The Labute approximate surface area is 130 Å². The van der Waals surface area contributed by atoms with Crippen LogP contribution in [0.4, 0.5) is 13.2 Å². The van der Waals surface area contributed by atoms with E-state index in [0.29, 0.717) is 18.8 Å². The monoisotopic (exact) mass is 318 g/mol. The van der Waals surface area contributed by atoms with Crippen LogP contribution < -0.4 is 5.32 Å². The molecule has 0 spiro atoms. The predicted octanol–water partition coefficient (Wildman–Crippen LogP) is 3.24. The molecule has 0 unspecified atom stereocenters. The van der Waals surface area contributed by atoms with Crippen LogP contribution >= 0.6 is 0 Å². The first-order valence-electron chi connectivity index (χ1n) is 8.08. The summed E-state index contributed by atoms with van der Waals surface area (Å²) in [5, 5.41) is 3.33. The second-order valence-corrected chi connectivity index (χ2v) is 5.82. The third-order valence-electron chi connectivity index (χ3n) is 4.09. The molecule has 0 radical (unpaired) electrons. The molecule has 0 atom stereocenters. The van der Waals surface area contributed by atoms with E-state index in [1.165, 1.54) is 6.08 Å². The van der Waals surface area contributed by atoms with Crippen LogP contribution in [-0.4, -0.2) is 50.4 Å². The number of unbranched alkanes of at least 4 members (excludes halogenated alkanes) is 2. The highest BCUT2D eigenvalue weighted by atomic mass is 19.4. The molecule has 0 aromatic heterocycles. The van der Waals surface area contributed by atoms with E-state index in [1.54, 1.807) is 0 Å². The molecule has 0 saturated carbocycles. The van der Waals surface area contributed by atoms with Gasteiger partial charge in [0.25, 0.3) is 0 Å². The molecule has 1 aliphatic carbocycles. The average Bonchev–Trinajstić information content (AvgIpc) is 2.51. The first kappa shape index (κ1) is 17.3. The molecule has 2 aliphatic rings. The molecule has 3 nitrogen and oxygen atoms in total. The van der Waals surface area contributed by atoms with Crippen molar-refractivity contribution >= 4 is 0 Å². The van der Waals surface area contributed by atoms with E-state index in [1.807, 2.05) is 0 Å². The van der Waals surface area contributed by atoms with Crippen molar-refractivity contribution in [1.29, 1.82) is 0 Å². The van der Waals surface area contributed by atoms with Crippen molar-refractivity contribution in [2.75, 3.05) is 39.3 Å². The first-order valence-corrected chi connectivity index (χ1v) is 8.08. The maximum Gasteiger partial charge on any atom is 0.412 e. The van der Waals surface area contributed by atoms with Crippen LogP contribution in [0.3, 0.4) is 0 Å². The number of hydrogen-bond donors (Lipinski definition) is 1. The number of hydrogen-bond acceptors (Lipinski definition) is 3. The Hall–Kier alpha value is -1.01. The van der Waals surface area contributed by atoms with Crippen molar-refractivity contribution in [3.63, 3.8) is 0 Å². The van der Waals surface area contributed by atoms with E-state index in [0.717, 1.165) is 58.1 Å². The molecule has 1 aliphatic heterocycles. The number of rotatable bonds is 7. The van der Waals surface area contributed by atoms with Gasteiger partial charge in [-0.25, -0.2) is 0 Å². The van der Waals surface area contributed by atoms with Gasteiger partial charge in [0.1, 0.15) is 0 Å². The summed E-state index contributed by atoms with van der Waals surface area (Å²) in [6, 6.07) is 0. The van der Waals surface area contributed by atoms with E-state index >= 15 is 0 Å². The zero-order valence-electron chi connectivity index (χ0n) is 12.9. The van der Waals surface area contributed by atoms with Crippen LogP contribution in [-0.2, 0) is 4.74 Å². The SMILES string of the molecule is FC(F)(F)C1=CC=C(OCCCCCN2CCNCC2)CC1. The topological polar surface area (TPSA) is 24.5 Å². The standard InChI is InChI=1S/C16H25F3N2O/c17-16(18,19)14-4-6-15(7-5-14)22-13-3-1-2-10-21-11-8-20-9-12-21/h4,6,20H,1-3,5,7-13H2. The minimum absolute atomic E-state index is 0.0261. The lowest BCUT2D eigenvalue weighted by Gasteiger charge is -2.27. The Balaban J connectivity index is 1.54. The first-order chi connectivity index (χ1) is 10.6. The molecule has 0 aromatic rings. The zero-order chi connectivity index (χ0) is 15.8. The smallest absolute Gasteiger partial charge is 0.412 e. The number of nitrogens with zero attached hydrogens (tertiary/aromatic N) is 1. The number of piperazine rings is 1. The number of alkyl halides is 3. The van der Waals surface area contributed by atoms with E-state index < -0.39 is 11.7 Å². The fraction of sp³-hybridized carbons (Fsp3) is 0.750. The normalized spacial score (nSPS) is 20.5. The molecule has 2 rings (SSSR count). The predicted molar refractivity (Wildman–Crippen MR) is 80.6 cm³/mol. The second kappa shape index (κ2) is 8.58. The van der Waals surface area contributed by atoms with Crippen molar-refractivity contribution in [1.82, 2.24) is 10.2 Å². The molecule has 22 heavy (non-hydrogen) atoms. The summed E-state index contributed by atoms with van der Waals surface area (Å²) >= 11 is 0. The number of ether oxygens (including phenoxy) is 1. The Bertz CT molecular complexity index is 399. The summed E-state index contributed by atoms with van der Waals surface area (Å²) in [7, 11) is 0. The molecule has 1 saturated heterocycles. The van der Waals surface area contributed by atoms with Crippen LogP contribution in [0.25, 0.3) is 0 Å². The van der Waals surface area contributed by atoms with Gasteiger partial charge < -0.3 is 15.0 Å². The summed E-state index contributed by atoms with van der Waals surface area (Å²) in [6.45, 7) is 6.12. The lowest BCUT2D eigenvalue weighted by atomic mass is 10.0. The van der Waals surface area contributed by atoms with Crippen LogP contribution in [0.2, 0.25) is 0 Å². The summed E-state index contributed by atoms with van der Waals surface area (Å²) < 4.78 is 43.0. The molecular weight excluding hydrogens is 293 g/mol. The van der Waals surface area contributed by atoms with E-state index in [4.69, 9.17) is 4.74 Å². The average molecular weight is 318 g/mol. The van der Waals surface area contributed by atoms with Gasteiger partial charge in [0.2, 0.25) is 0 Å².